The van der Waals surface area contributed by atoms with E-state index in [1.165, 1.54) is 30.6 Å². The van der Waals surface area contributed by atoms with Gasteiger partial charge in [0, 0.05) is 6.20 Å². The summed E-state index contributed by atoms with van der Waals surface area (Å²) in [7, 11) is 0. The van der Waals surface area contributed by atoms with Crippen molar-refractivity contribution >= 4 is 17.7 Å². The minimum atomic E-state index is -1.16. The summed E-state index contributed by atoms with van der Waals surface area (Å²) >= 11 is 0. The number of hydrogen-bond donors (Lipinski definition) is 2. The second kappa shape index (κ2) is 5.21. The van der Waals surface area contributed by atoms with Crippen molar-refractivity contribution in [2.24, 2.45) is 0 Å². The highest BCUT2D eigenvalue weighted by Crippen LogP contribution is 2.06. The molecule has 0 aliphatic carbocycles. The molecule has 0 bridgehead atoms. The summed E-state index contributed by atoms with van der Waals surface area (Å²) in [6.45, 7) is 1.76. The number of carbonyl (C=O) groups excluding carboxylic acids is 1. The molecule has 19 heavy (non-hydrogen) atoms. The number of aromatic nitrogens is 3. The number of carboxylic acids is 1. The number of carboxylic acid groups (broad SMARTS) is 1. The lowest BCUT2D eigenvalue weighted by molar-refractivity contribution is 0.0690. The fourth-order valence-corrected chi connectivity index (χ4v) is 1.31. The Hall–Kier alpha value is -2.83. The van der Waals surface area contributed by atoms with Gasteiger partial charge in [-0.15, -0.1) is 0 Å². The largest absolute Gasteiger partial charge is 0.477 e. The summed E-state index contributed by atoms with van der Waals surface area (Å²) < 4.78 is 0. The van der Waals surface area contributed by atoms with E-state index in [1.54, 1.807) is 6.92 Å². The van der Waals surface area contributed by atoms with Gasteiger partial charge in [0.05, 0.1) is 11.9 Å². The minimum absolute atomic E-state index is 0.133. The average Bonchev–Trinajstić information content (AvgIpc) is 2.39. The molecule has 7 nitrogen and oxygen atoms in total. The Bertz CT molecular complexity index is 625. The highest BCUT2D eigenvalue weighted by atomic mass is 16.4. The van der Waals surface area contributed by atoms with Crippen molar-refractivity contribution in [3.63, 3.8) is 0 Å². The summed E-state index contributed by atoms with van der Waals surface area (Å²) in [6, 6.07) is 4.32. The van der Waals surface area contributed by atoms with E-state index in [-0.39, 0.29) is 17.2 Å². The summed E-state index contributed by atoms with van der Waals surface area (Å²) in [5.74, 6) is -1.51. The van der Waals surface area contributed by atoms with Gasteiger partial charge in [-0.05, 0) is 19.1 Å². The fourth-order valence-electron chi connectivity index (χ4n) is 1.31. The molecule has 96 valence electrons. The first kappa shape index (κ1) is 12.6. The van der Waals surface area contributed by atoms with Crippen LogP contribution in [0.1, 0.15) is 26.7 Å². The Kier molecular flexibility index (Phi) is 3.46. The minimum Gasteiger partial charge on any atom is -0.477 e. The molecule has 0 saturated heterocycles. The van der Waals surface area contributed by atoms with Crippen LogP contribution in [0.2, 0.25) is 0 Å². The molecule has 0 aromatic carbocycles. The second-order valence-electron chi connectivity index (χ2n) is 3.71. The van der Waals surface area contributed by atoms with Crippen LogP contribution in [0.25, 0.3) is 0 Å². The topological polar surface area (TPSA) is 105 Å². The Morgan fingerprint density at radius 3 is 2.58 bits per heavy atom. The maximum atomic E-state index is 11.8. The first-order chi connectivity index (χ1) is 9.06. The molecule has 7 heteroatoms. The van der Waals surface area contributed by atoms with Crippen molar-refractivity contribution in [3.8, 4) is 0 Å². The second-order valence-corrected chi connectivity index (χ2v) is 3.71. The summed E-state index contributed by atoms with van der Waals surface area (Å²) in [4.78, 5) is 34.2. The maximum Gasteiger partial charge on any atom is 0.354 e. The lowest BCUT2D eigenvalue weighted by Crippen LogP contribution is -2.16. The molecule has 0 unspecified atom stereocenters. The van der Waals surface area contributed by atoms with Crippen molar-refractivity contribution in [3.05, 3.63) is 47.7 Å². The van der Waals surface area contributed by atoms with Gasteiger partial charge in [0.15, 0.2) is 5.69 Å². The van der Waals surface area contributed by atoms with Crippen molar-refractivity contribution in [2.45, 2.75) is 6.92 Å². The predicted molar refractivity (Wildman–Crippen MR) is 65.9 cm³/mol. The highest BCUT2D eigenvalue weighted by molar-refractivity contribution is 6.02. The van der Waals surface area contributed by atoms with Gasteiger partial charge in [0.2, 0.25) is 0 Å². The number of hydrogen-bond acceptors (Lipinski definition) is 5. The fraction of sp³-hybridized carbons (Fsp3) is 0.0833. The van der Waals surface area contributed by atoms with Crippen LogP contribution in [-0.4, -0.2) is 31.9 Å². The van der Waals surface area contributed by atoms with Crippen molar-refractivity contribution < 1.29 is 14.7 Å². The lowest BCUT2D eigenvalue weighted by atomic mass is 10.3. The van der Waals surface area contributed by atoms with Gasteiger partial charge in [-0.1, -0.05) is 6.07 Å². The van der Waals surface area contributed by atoms with Gasteiger partial charge in [0.1, 0.15) is 11.5 Å². The SMILES string of the molecule is Cc1cnc(C(=O)Nc2cccc(C(=O)O)n2)cn1. The molecule has 2 heterocycles. The zero-order valence-electron chi connectivity index (χ0n) is 9.99. The Morgan fingerprint density at radius 2 is 1.95 bits per heavy atom. The van der Waals surface area contributed by atoms with Gasteiger partial charge in [-0.2, -0.15) is 0 Å². The molecule has 1 amide bonds. The zero-order chi connectivity index (χ0) is 13.8. The summed E-state index contributed by atoms with van der Waals surface area (Å²) in [5.41, 5.74) is 0.684. The first-order valence-corrected chi connectivity index (χ1v) is 5.36. The number of pyridine rings is 1. The first-order valence-electron chi connectivity index (χ1n) is 5.36. The molecule has 2 aromatic heterocycles. The van der Waals surface area contributed by atoms with Crippen LogP contribution in [0.15, 0.2) is 30.6 Å². The molecule has 0 aliphatic rings. The molecular formula is C12H10N4O3. The molecule has 0 aliphatic heterocycles. The smallest absolute Gasteiger partial charge is 0.354 e. The van der Waals surface area contributed by atoms with E-state index in [4.69, 9.17) is 5.11 Å². The maximum absolute atomic E-state index is 11.8. The van der Waals surface area contributed by atoms with Gasteiger partial charge in [-0.25, -0.2) is 14.8 Å². The normalized spacial score (nSPS) is 9.95. The van der Waals surface area contributed by atoms with Crippen LogP contribution in [0.5, 0.6) is 0 Å². The van der Waals surface area contributed by atoms with Gasteiger partial charge < -0.3 is 10.4 Å². The quantitative estimate of drug-likeness (QED) is 0.854. The van der Waals surface area contributed by atoms with Crippen LogP contribution in [0, 0.1) is 6.92 Å². The molecule has 0 radical (unpaired) electrons. The molecule has 0 atom stereocenters. The van der Waals surface area contributed by atoms with Crippen LogP contribution >= 0.6 is 0 Å². The van der Waals surface area contributed by atoms with E-state index in [0.29, 0.717) is 5.69 Å². The lowest BCUT2D eigenvalue weighted by Gasteiger charge is -2.04. The van der Waals surface area contributed by atoms with Crippen molar-refractivity contribution in [1.82, 2.24) is 15.0 Å². The number of carbonyl (C=O) groups is 2. The summed E-state index contributed by atoms with van der Waals surface area (Å²) in [6.07, 6.45) is 2.81. The molecule has 0 spiro atoms. The molecule has 0 saturated carbocycles. The Morgan fingerprint density at radius 1 is 1.16 bits per heavy atom. The predicted octanol–water partition coefficient (Wildman–Crippen LogP) is 1.13. The van der Waals surface area contributed by atoms with E-state index >= 15 is 0 Å². The third-order valence-corrected chi connectivity index (χ3v) is 2.22. The van der Waals surface area contributed by atoms with Crippen LogP contribution < -0.4 is 5.32 Å². The van der Waals surface area contributed by atoms with Gasteiger partial charge in [0.25, 0.3) is 5.91 Å². The van der Waals surface area contributed by atoms with Crippen LogP contribution in [0.3, 0.4) is 0 Å². The van der Waals surface area contributed by atoms with Crippen molar-refractivity contribution in [2.75, 3.05) is 5.32 Å². The Labute approximate surface area is 108 Å². The number of nitrogens with one attached hydrogen (secondary N) is 1. The van der Waals surface area contributed by atoms with Crippen LogP contribution in [0.4, 0.5) is 5.82 Å². The summed E-state index contributed by atoms with van der Waals surface area (Å²) in [5, 5.41) is 11.3. The van der Waals surface area contributed by atoms with E-state index in [0.717, 1.165) is 0 Å². The monoisotopic (exact) mass is 258 g/mol. The molecule has 2 N–H and O–H groups in total. The number of nitrogens with zero attached hydrogens (tertiary/aromatic N) is 3. The third-order valence-electron chi connectivity index (χ3n) is 2.22. The molecule has 2 aromatic rings. The number of aromatic carboxylic acids is 1. The molecule has 2 rings (SSSR count). The standard InChI is InChI=1S/C12H10N4O3/c1-7-5-14-9(6-13-7)11(17)16-10-4-2-3-8(15-10)12(18)19/h2-6H,1H3,(H,18,19)(H,15,16,17). The van der Waals surface area contributed by atoms with Gasteiger partial charge >= 0.3 is 5.97 Å². The Balaban J connectivity index is 2.17. The van der Waals surface area contributed by atoms with E-state index in [2.05, 4.69) is 20.3 Å². The van der Waals surface area contributed by atoms with Gasteiger partial charge in [-0.3, -0.25) is 9.78 Å². The third kappa shape index (κ3) is 3.09. The van der Waals surface area contributed by atoms with E-state index in [1.807, 2.05) is 0 Å². The number of aryl methyl sites for hydroxylation is 1. The highest BCUT2D eigenvalue weighted by Gasteiger charge is 2.10. The number of anilines is 1. The zero-order valence-corrected chi connectivity index (χ0v) is 9.99. The van der Waals surface area contributed by atoms with Crippen LogP contribution in [-0.2, 0) is 0 Å². The number of rotatable bonds is 3. The van der Waals surface area contributed by atoms with E-state index < -0.39 is 11.9 Å². The molecule has 0 fully saturated rings. The molecular weight excluding hydrogens is 248 g/mol. The average molecular weight is 258 g/mol. The number of amides is 1. The van der Waals surface area contributed by atoms with Crippen molar-refractivity contribution in [1.29, 1.82) is 0 Å². The van der Waals surface area contributed by atoms with E-state index in [9.17, 15) is 9.59 Å².